The second kappa shape index (κ2) is 4.04. The van der Waals surface area contributed by atoms with Crippen molar-refractivity contribution in [1.82, 2.24) is 14.8 Å². The van der Waals surface area contributed by atoms with Crippen LogP contribution in [-0.4, -0.2) is 21.1 Å². The van der Waals surface area contributed by atoms with Gasteiger partial charge in [-0.05, 0) is 18.1 Å². The van der Waals surface area contributed by atoms with Gasteiger partial charge in [0.2, 0.25) is 5.82 Å². The predicted molar refractivity (Wildman–Crippen MR) is 55.7 cm³/mol. The summed E-state index contributed by atoms with van der Waals surface area (Å²) >= 11 is 0. The van der Waals surface area contributed by atoms with E-state index in [-0.39, 0.29) is 5.82 Å². The SMILES string of the molecule is Cc1ccccc1Cn1cnc(C=O)n1. The van der Waals surface area contributed by atoms with Crippen molar-refractivity contribution in [2.24, 2.45) is 0 Å². The molecule has 0 atom stereocenters. The van der Waals surface area contributed by atoms with Crippen molar-refractivity contribution < 1.29 is 4.79 Å². The lowest BCUT2D eigenvalue weighted by Gasteiger charge is -2.04. The number of hydrogen-bond acceptors (Lipinski definition) is 3. The minimum Gasteiger partial charge on any atom is -0.294 e. The summed E-state index contributed by atoms with van der Waals surface area (Å²) in [6.45, 7) is 2.69. The Hall–Kier alpha value is -1.97. The summed E-state index contributed by atoms with van der Waals surface area (Å²) in [7, 11) is 0. The van der Waals surface area contributed by atoms with E-state index in [1.807, 2.05) is 31.2 Å². The Balaban J connectivity index is 2.22. The van der Waals surface area contributed by atoms with Crippen LogP contribution in [0.4, 0.5) is 0 Å². The van der Waals surface area contributed by atoms with Crippen LogP contribution >= 0.6 is 0 Å². The molecule has 2 aromatic rings. The third-order valence-corrected chi connectivity index (χ3v) is 2.25. The van der Waals surface area contributed by atoms with Gasteiger partial charge in [-0.2, -0.15) is 0 Å². The molecule has 0 spiro atoms. The number of carbonyl (C=O) groups is 1. The van der Waals surface area contributed by atoms with Gasteiger partial charge in [-0.3, -0.25) is 4.79 Å². The molecule has 1 heterocycles. The number of aromatic nitrogens is 3. The molecule has 0 saturated heterocycles. The molecule has 4 nitrogen and oxygen atoms in total. The molecule has 0 fully saturated rings. The number of aldehydes is 1. The largest absolute Gasteiger partial charge is 0.294 e. The molecule has 0 N–H and O–H groups in total. The number of hydrogen-bond donors (Lipinski definition) is 0. The van der Waals surface area contributed by atoms with Crippen LogP contribution in [0.25, 0.3) is 0 Å². The molecule has 1 aromatic carbocycles. The normalized spacial score (nSPS) is 10.2. The van der Waals surface area contributed by atoms with E-state index in [0.29, 0.717) is 12.8 Å². The van der Waals surface area contributed by atoms with Gasteiger partial charge < -0.3 is 0 Å². The van der Waals surface area contributed by atoms with Crippen LogP contribution in [-0.2, 0) is 6.54 Å². The topological polar surface area (TPSA) is 47.8 Å². The van der Waals surface area contributed by atoms with E-state index in [4.69, 9.17) is 0 Å². The maximum absolute atomic E-state index is 10.4. The van der Waals surface area contributed by atoms with Crippen LogP contribution in [0.15, 0.2) is 30.6 Å². The van der Waals surface area contributed by atoms with Crippen molar-refractivity contribution in [3.05, 3.63) is 47.5 Å². The molecule has 15 heavy (non-hydrogen) atoms. The fourth-order valence-electron chi connectivity index (χ4n) is 1.40. The van der Waals surface area contributed by atoms with Gasteiger partial charge in [0.05, 0.1) is 6.54 Å². The van der Waals surface area contributed by atoms with Crippen molar-refractivity contribution in [3.8, 4) is 0 Å². The summed E-state index contributed by atoms with van der Waals surface area (Å²) < 4.78 is 1.66. The number of rotatable bonds is 3. The van der Waals surface area contributed by atoms with Gasteiger partial charge in [0.25, 0.3) is 0 Å². The average molecular weight is 201 g/mol. The third-order valence-electron chi connectivity index (χ3n) is 2.25. The van der Waals surface area contributed by atoms with Crippen molar-refractivity contribution in [3.63, 3.8) is 0 Å². The first kappa shape index (κ1) is 9.58. The summed E-state index contributed by atoms with van der Waals surface area (Å²) in [5.41, 5.74) is 2.39. The standard InChI is InChI=1S/C11H11N3O/c1-9-4-2-3-5-10(9)6-14-8-12-11(7-15)13-14/h2-5,7-8H,6H2,1H3. The molecule has 0 saturated carbocycles. The molecule has 2 rings (SSSR count). The summed E-state index contributed by atoms with van der Waals surface area (Å²) in [6.07, 6.45) is 2.21. The Morgan fingerprint density at radius 1 is 1.40 bits per heavy atom. The van der Waals surface area contributed by atoms with Gasteiger partial charge in [-0.15, -0.1) is 5.10 Å². The van der Waals surface area contributed by atoms with Gasteiger partial charge in [0.15, 0.2) is 6.29 Å². The number of benzene rings is 1. The average Bonchev–Trinajstić information content (AvgIpc) is 2.69. The Morgan fingerprint density at radius 2 is 2.20 bits per heavy atom. The number of aryl methyl sites for hydroxylation is 1. The van der Waals surface area contributed by atoms with Gasteiger partial charge in [0, 0.05) is 0 Å². The van der Waals surface area contributed by atoms with Gasteiger partial charge in [-0.1, -0.05) is 24.3 Å². The van der Waals surface area contributed by atoms with E-state index in [2.05, 4.69) is 10.1 Å². The van der Waals surface area contributed by atoms with E-state index >= 15 is 0 Å². The second-order valence-electron chi connectivity index (χ2n) is 3.34. The Labute approximate surface area is 87.6 Å². The zero-order valence-electron chi connectivity index (χ0n) is 8.42. The Morgan fingerprint density at radius 3 is 2.87 bits per heavy atom. The molecule has 0 bridgehead atoms. The smallest absolute Gasteiger partial charge is 0.213 e. The monoisotopic (exact) mass is 201 g/mol. The molecule has 76 valence electrons. The molecule has 0 radical (unpaired) electrons. The maximum atomic E-state index is 10.4. The van der Waals surface area contributed by atoms with Gasteiger partial charge in [-0.25, -0.2) is 9.67 Å². The lowest BCUT2D eigenvalue weighted by Crippen LogP contribution is -2.02. The first-order valence-corrected chi connectivity index (χ1v) is 4.69. The first-order chi connectivity index (χ1) is 7.29. The molecular weight excluding hydrogens is 190 g/mol. The van der Waals surface area contributed by atoms with Crippen LogP contribution in [0.1, 0.15) is 21.7 Å². The lowest BCUT2D eigenvalue weighted by atomic mass is 10.1. The number of carbonyl (C=O) groups excluding carboxylic acids is 1. The van der Waals surface area contributed by atoms with Crippen LogP contribution in [0, 0.1) is 6.92 Å². The highest BCUT2D eigenvalue weighted by molar-refractivity contribution is 5.68. The molecule has 0 aliphatic heterocycles. The summed E-state index contributed by atoms with van der Waals surface area (Å²) in [4.78, 5) is 14.2. The minimum absolute atomic E-state index is 0.226. The number of nitrogens with zero attached hydrogens (tertiary/aromatic N) is 3. The molecule has 0 amide bonds. The molecular formula is C11H11N3O. The Kier molecular flexibility index (Phi) is 2.58. The zero-order chi connectivity index (χ0) is 10.7. The first-order valence-electron chi connectivity index (χ1n) is 4.69. The van der Waals surface area contributed by atoms with Gasteiger partial charge >= 0.3 is 0 Å². The van der Waals surface area contributed by atoms with E-state index in [1.54, 1.807) is 11.0 Å². The van der Waals surface area contributed by atoms with Crippen molar-refractivity contribution in [1.29, 1.82) is 0 Å². The molecule has 4 heteroatoms. The second-order valence-corrected chi connectivity index (χ2v) is 3.34. The zero-order valence-corrected chi connectivity index (χ0v) is 8.42. The summed E-state index contributed by atoms with van der Waals surface area (Å²) in [5.74, 6) is 0.226. The van der Waals surface area contributed by atoms with Crippen molar-refractivity contribution >= 4 is 6.29 Å². The molecule has 0 aliphatic rings. The van der Waals surface area contributed by atoms with E-state index in [0.717, 1.165) is 0 Å². The van der Waals surface area contributed by atoms with E-state index in [9.17, 15) is 4.79 Å². The fraction of sp³-hybridized carbons (Fsp3) is 0.182. The van der Waals surface area contributed by atoms with Crippen LogP contribution in [0.5, 0.6) is 0 Å². The minimum atomic E-state index is 0.226. The van der Waals surface area contributed by atoms with Crippen LogP contribution in [0.2, 0.25) is 0 Å². The van der Waals surface area contributed by atoms with E-state index < -0.39 is 0 Å². The van der Waals surface area contributed by atoms with Crippen LogP contribution in [0.3, 0.4) is 0 Å². The molecule has 1 aromatic heterocycles. The van der Waals surface area contributed by atoms with E-state index in [1.165, 1.54) is 11.1 Å². The predicted octanol–water partition coefficient (Wildman–Crippen LogP) is 1.45. The van der Waals surface area contributed by atoms with Crippen molar-refractivity contribution in [2.75, 3.05) is 0 Å². The lowest BCUT2D eigenvalue weighted by molar-refractivity contribution is 0.111. The summed E-state index contributed by atoms with van der Waals surface area (Å²) in [6, 6.07) is 8.07. The third kappa shape index (κ3) is 2.10. The van der Waals surface area contributed by atoms with Crippen molar-refractivity contribution in [2.45, 2.75) is 13.5 Å². The molecule has 0 aliphatic carbocycles. The highest BCUT2D eigenvalue weighted by atomic mass is 16.1. The van der Waals surface area contributed by atoms with Gasteiger partial charge in [0.1, 0.15) is 6.33 Å². The quantitative estimate of drug-likeness (QED) is 0.706. The Bertz CT molecular complexity index is 476. The fourth-order valence-corrected chi connectivity index (χ4v) is 1.40. The highest BCUT2D eigenvalue weighted by Crippen LogP contribution is 2.08. The highest BCUT2D eigenvalue weighted by Gasteiger charge is 2.01. The maximum Gasteiger partial charge on any atom is 0.213 e. The summed E-state index contributed by atoms with van der Waals surface area (Å²) in [5, 5.41) is 4.00. The molecule has 0 unspecified atom stereocenters. The van der Waals surface area contributed by atoms with Crippen LogP contribution < -0.4 is 0 Å².